The van der Waals surface area contributed by atoms with Crippen molar-refractivity contribution < 1.29 is 4.74 Å². The van der Waals surface area contributed by atoms with Gasteiger partial charge in [0.1, 0.15) is 10.8 Å². The Morgan fingerprint density at radius 3 is 2.53 bits per heavy atom. The average molecular weight is 269 g/mol. The average Bonchev–Trinajstić information content (AvgIpc) is 2.48. The number of rotatable bonds is 3. The number of hydrogen-bond acceptors (Lipinski definition) is 5. The van der Waals surface area contributed by atoms with Crippen molar-refractivity contribution >= 4 is 22.5 Å². The van der Waals surface area contributed by atoms with Crippen molar-refractivity contribution in [3.63, 3.8) is 0 Å². The van der Waals surface area contributed by atoms with Crippen LogP contribution in [0.3, 0.4) is 0 Å². The molecule has 0 saturated heterocycles. The van der Waals surface area contributed by atoms with E-state index in [1.165, 1.54) is 11.8 Å². The van der Waals surface area contributed by atoms with Crippen LogP contribution in [-0.4, -0.2) is 22.1 Å². The third-order valence-corrected chi connectivity index (χ3v) is 3.59. The number of hydrogen-bond donors (Lipinski definition) is 0. The van der Waals surface area contributed by atoms with Gasteiger partial charge >= 0.3 is 0 Å². The van der Waals surface area contributed by atoms with Crippen LogP contribution in [0.1, 0.15) is 0 Å². The van der Waals surface area contributed by atoms with Crippen molar-refractivity contribution in [1.29, 1.82) is 0 Å². The minimum Gasteiger partial charge on any atom is -0.496 e. The summed E-state index contributed by atoms with van der Waals surface area (Å²) in [6.45, 7) is 0. The number of ether oxygens (including phenoxy) is 1. The molecule has 3 aromatic rings. The lowest BCUT2D eigenvalue weighted by Crippen LogP contribution is -1.89. The van der Waals surface area contributed by atoms with Crippen LogP contribution in [0.4, 0.5) is 0 Å². The van der Waals surface area contributed by atoms with E-state index in [-0.39, 0.29) is 0 Å². The summed E-state index contributed by atoms with van der Waals surface area (Å²) in [7, 11) is 1.67. The van der Waals surface area contributed by atoms with Gasteiger partial charge in [-0.2, -0.15) is 0 Å². The van der Waals surface area contributed by atoms with Crippen molar-refractivity contribution in [2.45, 2.75) is 10.2 Å². The highest BCUT2D eigenvalue weighted by Crippen LogP contribution is 2.33. The zero-order chi connectivity index (χ0) is 13.1. The summed E-state index contributed by atoms with van der Waals surface area (Å²) in [6.07, 6.45) is 5.22. The Morgan fingerprint density at radius 1 is 0.895 bits per heavy atom. The van der Waals surface area contributed by atoms with Crippen LogP contribution in [0.2, 0.25) is 0 Å². The van der Waals surface area contributed by atoms with E-state index in [0.29, 0.717) is 5.16 Å². The molecular weight excluding hydrogens is 258 g/mol. The molecule has 3 rings (SSSR count). The second-order valence-electron chi connectivity index (χ2n) is 3.80. The summed E-state index contributed by atoms with van der Waals surface area (Å²) >= 11 is 1.45. The highest BCUT2D eigenvalue weighted by Gasteiger charge is 2.08. The van der Waals surface area contributed by atoms with E-state index < -0.39 is 0 Å². The molecule has 0 aliphatic carbocycles. The van der Waals surface area contributed by atoms with E-state index in [0.717, 1.165) is 21.5 Å². The number of fused-ring (bicyclic) bond motifs is 1. The van der Waals surface area contributed by atoms with E-state index in [4.69, 9.17) is 4.74 Å². The predicted molar refractivity (Wildman–Crippen MR) is 74.5 cm³/mol. The lowest BCUT2D eigenvalue weighted by molar-refractivity contribution is 0.419. The van der Waals surface area contributed by atoms with Gasteiger partial charge in [0, 0.05) is 29.4 Å². The van der Waals surface area contributed by atoms with Gasteiger partial charge in [0.15, 0.2) is 5.16 Å². The van der Waals surface area contributed by atoms with Gasteiger partial charge in [0.05, 0.1) is 7.11 Å². The van der Waals surface area contributed by atoms with Crippen molar-refractivity contribution in [2.24, 2.45) is 0 Å². The third kappa shape index (κ3) is 2.37. The maximum atomic E-state index is 5.36. The van der Waals surface area contributed by atoms with E-state index in [2.05, 4.69) is 15.0 Å². The van der Waals surface area contributed by atoms with E-state index in [9.17, 15) is 0 Å². The molecule has 19 heavy (non-hydrogen) atoms. The zero-order valence-electron chi connectivity index (χ0n) is 10.3. The summed E-state index contributed by atoms with van der Waals surface area (Å²) in [4.78, 5) is 12.8. The molecule has 0 unspecified atom stereocenters. The molecule has 94 valence electrons. The maximum Gasteiger partial charge on any atom is 0.193 e. The fourth-order valence-corrected chi connectivity index (χ4v) is 2.64. The van der Waals surface area contributed by atoms with Crippen LogP contribution in [0.5, 0.6) is 5.75 Å². The lowest BCUT2D eigenvalue weighted by Gasteiger charge is -2.07. The smallest absolute Gasteiger partial charge is 0.193 e. The molecule has 4 nitrogen and oxygen atoms in total. The van der Waals surface area contributed by atoms with Gasteiger partial charge in [-0.15, -0.1) is 0 Å². The topological polar surface area (TPSA) is 47.9 Å². The van der Waals surface area contributed by atoms with Crippen molar-refractivity contribution in [1.82, 2.24) is 15.0 Å². The summed E-state index contributed by atoms with van der Waals surface area (Å²) in [5.74, 6) is 0.843. The van der Waals surface area contributed by atoms with Gasteiger partial charge in [-0.25, -0.2) is 15.0 Å². The molecule has 0 spiro atoms. The third-order valence-electron chi connectivity index (χ3n) is 2.68. The Balaban J connectivity index is 2.09. The van der Waals surface area contributed by atoms with Gasteiger partial charge in [0.25, 0.3) is 0 Å². The molecule has 0 aliphatic rings. The second-order valence-corrected chi connectivity index (χ2v) is 4.76. The van der Waals surface area contributed by atoms with Gasteiger partial charge in [-0.1, -0.05) is 12.1 Å². The van der Waals surface area contributed by atoms with Crippen LogP contribution >= 0.6 is 11.8 Å². The first-order chi connectivity index (χ1) is 9.38. The molecule has 1 aromatic carbocycles. The minimum absolute atomic E-state index is 0.685. The van der Waals surface area contributed by atoms with Crippen LogP contribution in [-0.2, 0) is 0 Å². The first-order valence-electron chi connectivity index (χ1n) is 5.75. The molecule has 0 fully saturated rings. The van der Waals surface area contributed by atoms with Crippen molar-refractivity contribution in [3.8, 4) is 5.75 Å². The highest BCUT2D eigenvalue weighted by atomic mass is 32.2. The normalized spacial score (nSPS) is 10.6. The summed E-state index contributed by atoms with van der Waals surface area (Å²) in [5, 5.41) is 3.64. The molecule has 0 aliphatic heterocycles. The van der Waals surface area contributed by atoms with Gasteiger partial charge in [0.2, 0.25) is 0 Å². The monoisotopic (exact) mass is 269 g/mol. The summed E-state index contributed by atoms with van der Waals surface area (Å²) in [6, 6.07) is 9.67. The molecule has 0 bridgehead atoms. The Bertz CT molecular complexity index is 703. The Morgan fingerprint density at radius 2 is 1.74 bits per heavy atom. The number of nitrogens with zero attached hydrogens (tertiary/aromatic N) is 3. The molecule has 0 amide bonds. The van der Waals surface area contributed by atoms with Gasteiger partial charge in [-0.05, 0) is 30.0 Å². The first kappa shape index (κ1) is 11.9. The number of benzene rings is 1. The Kier molecular flexibility index (Phi) is 3.29. The van der Waals surface area contributed by atoms with Crippen molar-refractivity contribution in [3.05, 3.63) is 48.9 Å². The van der Waals surface area contributed by atoms with Crippen molar-refractivity contribution in [2.75, 3.05) is 7.11 Å². The number of aromatic nitrogens is 3. The summed E-state index contributed by atoms with van der Waals surface area (Å²) < 4.78 is 5.36. The zero-order valence-corrected chi connectivity index (χ0v) is 11.1. The quantitative estimate of drug-likeness (QED) is 0.683. The molecule has 2 heterocycles. The predicted octanol–water partition coefficient (Wildman–Crippen LogP) is 3.18. The largest absolute Gasteiger partial charge is 0.496 e. The van der Waals surface area contributed by atoms with Crippen LogP contribution in [0, 0.1) is 0 Å². The first-order valence-corrected chi connectivity index (χ1v) is 6.57. The van der Waals surface area contributed by atoms with Crippen LogP contribution < -0.4 is 4.74 Å². The number of pyridine rings is 1. The van der Waals surface area contributed by atoms with E-state index in [1.807, 2.05) is 24.3 Å². The molecule has 0 N–H and O–H groups in total. The fourth-order valence-electron chi connectivity index (χ4n) is 1.84. The van der Waals surface area contributed by atoms with Gasteiger partial charge in [-0.3, -0.25) is 0 Å². The molecule has 0 atom stereocenters. The lowest BCUT2D eigenvalue weighted by atomic mass is 10.1. The van der Waals surface area contributed by atoms with E-state index in [1.54, 1.807) is 31.8 Å². The highest BCUT2D eigenvalue weighted by molar-refractivity contribution is 7.99. The van der Waals surface area contributed by atoms with Crippen LogP contribution in [0.15, 0.2) is 59.1 Å². The number of methoxy groups -OCH3 is 1. The molecule has 0 saturated carbocycles. The molecule has 5 heteroatoms. The Hall–Kier alpha value is -2.14. The van der Waals surface area contributed by atoms with Crippen LogP contribution in [0.25, 0.3) is 10.8 Å². The molecule has 0 radical (unpaired) electrons. The Labute approximate surface area is 114 Å². The van der Waals surface area contributed by atoms with E-state index >= 15 is 0 Å². The summed E-state index contributed by atoms with van der Waals surface area (Å²) in [5.41, 5.74) is 0. The molecular formula is C14H11N3OS. The molecule has 2 aromatic heterocycles. The maximum absolute atomic E-state index is 5.36. The fraction of sp³-hybridized carbons (Fsp3) is 0.0714. The standard InChI is InChI=1S/C14H11N3OS/c1-18-12-5-2-4-11-10(12)6-9-15-13(11)19-14-16-7-3-8-17-14/h2-9H,1H3. The minimum atomic E-state index is 0.685. The second kappa shape index (κ2) is 5.24. The SMILES string of the molecule is COc1cccc2c(Sc3ncccn3)nccc12. The van der Waals surface area contributed by atoms with Gasteiger partial charge < -0.3 is 4.74 Å².